The smallest absolute Gasteiger partial charge is 0.123 e. The third-order valence-electron chi connectivity index (χ3n) is 3.61. The molecule has 2 aromatic carbocycles. The summed E-state index contributed by atoms with van der Waals surface area (Å²) in [6, 6.07) is 13.9. The van der Waals surface area contributed by atoms with Crippen LogP contribution in [0.25, 0.3) is 0 Å². The lowest BCUT2D eigenvalue weighted by Crippen LogP contribution is -2.05. The molecule has 0 aromatic heterocycles. The molecule has 2 heteroatoms. The van der Waals surface area contributed by atoms with Gasteiger partial charge in [-0.1, -0.05) is 31.2 Å². The average Bonchev–Trinajstić information content (AvgIpc) is 2.81. The lowest BCUT2D eigenvalue weighted by molar-refractivity contribution is 0.626. The Kier molecular flexibility index (Phi) is 2.78. The van der Waals surface area contributed by atoms with Gasteiger partial charge in [-0.2, -0.15) is 0 Å². The molecule has 0 saturated heterocycles. The van der Waals surface area contributed by atoms with Crippen LogP contribution in [0, 0.1) is 5.82 Å². The number of fused-ring (bicyclic) bond motifs is 1. The molecule has 1 atom stereocenters. The lowest BCUT2D eigenvalue weighted by atomic mass is 10.0. The topological polar surface area (TPSA) is 12.0 Å². The number of hydrogen-bond donors (Lipinski definition) is 1. The van der Waals surface area contributed by atoms with Gasteiger partial charge in [-0.05, 0) is 47.7 Å². The molecule has 18 heavy (non-hydrogen) atoms. The van der Waals surface area contributed by atoms with E-state index in [4.69, 9.17) is 0 Å². The zero-order valence-corrected chi connectivity index (χ0v) is 10.4. The first-order valence-electron chi connectivity index (χ1n) is 6.40. The third kappa shape index (κ3) is 1.99. The van der Waals surface area contributed by atoms with Gasteiger partial charge < -0.3 is 5.32 Å². The summed E-state index contributed by atoms with van der Waals surface area (Å²) in [6.45, 7) is 2.15. The van der Waals surface area contributed by atoms with Gasteiger partial charge in [-0.15, -0.1) is 0 Å². The van der Waals surface area contributed by atoms with E-state index in [9.17, 15) is 4.39 Å². The second-order valence-corrected chi connectivity index (χ2v) is 4.80. The average molecular weight is 241 g/mol. The molecule has 0 saturated carbocycles. The maximum atomic E-state index is 13.2. The van der Waals surface area contributed by atoms with Crippen molar-refractivity contribution in [3.05, 3.63) is 65.0 Å². The largest absolute Gasteiger partial charge is 0.378 e. The molecule has 0 amide bonds. The van der Waals surface area contributed by atoms with E-state index in [1.54, 1.807) is 6.07 Å². The molecule has 3 rings (SSSR count). The molecule has 0 bridgehead atoms. The maximum absolute atomic E-state index is 13.2. The van der Waals surface area contributed by atoms with E-state index in [2.05, 4.69) is 36.5 Å². The third-order valence-corrected chi connectivity index (χ3v) is 3.61. The highest BCUT2D eigenvalue weighted by Crippen LogP contribution is 2.34. The summed E-state index contributed by atoms with van der Waals surface area (Å²) in [5, 5.41) is 3.45. The van der Waals surface area contributed by atoms with Crippen LogP contribution in [-0.2, 0) is 12.8 Å². The number of halogens is 1. The van der Waals surface area contributed by atoms with Gasteiger partial charge in [0.1, 0.15) is 5.82 Å². The Balaban J connectivity index is 1.84. The van der Waals surface area contributed by atoms with Gasteiger partial charge in [0.15, 0.2) is 0 Å². The summed E-state index contributed by atoms with van der Waals surface area (Å²) in [6.07, 6.45) is 1.92. The number of aryl methyl sites for hydroxylation is 1. The highest BCUT2D eigenvalue weighted by Gasteiger charge is 2.22. The predicted molar refractivity (Wildman–Crippen MR) is 72.3 cm³/mol. The molecule has 1 aliphatic heterocycles. The minimum Gasteiger partial charge on any atom is -0.378 e. The molecule has 1 aliphatic rings. The number of anilines is 1. The zero-order chi connectivity index (χ0) is 12.5. The normalized spacial score (nSPS) is 17.3. The van der Waals surface area contributed by atoms with Crippen LogP contribution < -0.4 is 5.32 Å². The number of rotatable bonds is 2. The Hall–Kier alpha value is -1.83. The van der Waals surface area contributed by atoms with Crippen LogP contribution in [0.2, 0.25) is 0 Å². The summed E-state index contributed by atoms with van der Waals surface area (Å²) in [7, 11) is 0. The standard InChI is InChI=1S/C16H16FN/c1-2-11-3-5-12(6-4-11)16-10-13-9-14(17)7-8-15(13)18-16/h3-9,16,18H,2,10H2,1H3. The van der Waals surface area contributed by atoms with Crippen LogP contribution in [0.15, 0.2) is 42.5 Å². The van der Waals surface area contributed by atoms with Crippen molar-refractivity contribution >= 4 is 5.69 Å². The van der Waals surface area contributed by atoms with Crippen LogP contribution in [0.5, 0.6) is 0 Å². The van der Waals surface area contributed by atoms with Gasteiger partial charge in [0.05, 0.1) is 6.04 Å². The van der Waals surface area contributed by atoms with E-state index in [-0.39, 0.29) is 11.9 Å². The summed E-state index contributed by atoms with van der Waals surface area (Å²) in [4.78, 5) is 0. The quantitative estimate of drug-likeness (QED) is 0.834. The fourth-order valence-corrected chi connectivity index (χ4v) is 2.52. The first kappa shape index (κ1) is 11.3. The summed E-state index contributed by atoms with van der Waals surface area (Å²) < 4.78 is 13.2. The number of benzene rings is 2. The molecule has 0 spiro atoms. The van der Waals surface area contributed by atoms with Gasteiger partial charge in [0.25, 0.3) is 0 Å². The molecule has 2 aromatic rings. The van der Waals surface area contributed by atoms with Crippen molar-refractivity contribution in [3.8, 4) is 0 Å². The first-order valence-corrected chi connectivity index (χ1v) is 6.40. The molecule has 1 nitrogen and oxygen atoms in total. The van der Waals surface area contributed by atoms with Crippen LogP contribution in [-0.4, -0.2) is 0 Å². The molecule has 1 unspecified atom stereocenters. The van der Waals surface area contributed by atoms with Crippen molar-refractivity contribution in [2.75, 3.05) is 5.32 Å². The van der Waals surface area contributed by atoms with Gasteiger partial charge in [-0.3, -0.25) is 0 Å². The van der Waals surface area contributed by atoms with Crippen molar-refractivity contribution < 1.29 is 4.39 Å². The Morgan fingerprint density at radius 2 is 1.94 bits per heavy atom. The maximum Gasteiger partial charge on any atom is 0.123 e. The summed E-state index contributed by atoms with van der Waals surface area (Å²) in [5.41, 5.74) is 4.74. The molecule has 92 valence electrons. The second kappa shape index (κ2) is 4.45. The van der Waals surface area contributed by atoms with Gasteiger partial charge in [0.2, 0.25) is 0 Å². The van der Waals surface area contributed by atoms with E-state index in [1.807, 2.05) is 6.07 Å². The van der Waals surface area contributed by atoms with E-state index >= 15 is 0 Å². The van der Waals surface area contributed by atoms with Crippen LogP contribution >= 0.6 is 0 Å². The van der Waals surface area contributed by atoms with Crippen LogP contribution in [0.1, 0.15) is 29.7 Å². The SMILES string of the molecule is CCc1ccc(C2Cc3cc(F)ccc3N2)cc1. The van der Waals surface area contributed by atoms with Crippen molar-refractivity contribution in [1.82, 2.24) is 0 Å². The summed E-state index contributed by atoms with van der Waals surface area (Å²) in [5.74, 6) is -0.155. The molecule has 0 fully saturated rings. The van der Waals surface area contributed by atoms with Gasteiger partial charge >= 0.3 is 0 Å². The Morgan fingerprint density at radius 3 is 2.67 bits per heavy atom. The lowest BCUT2D eigenvalue weighted by Gasteiger charge is -2.12. The van der Waals surface area contributed by atoms with Crippen molar-refractivity contribution in [2.24, 2.45) is 0 Å². The van der Waals surface area contributed by atoms with Crippen LogP contribution in [0.4, 0.5) is 10.1 Å². The van der Waals surface area contributed by atoms with E-state index in [0.29, 0.717) is 0 Å². The molecule has 0 radical (unpaired) electrons. The van der Waals surface area contributed by atoms with E-state index in [0.717, 1.165) is 24.1 Å². The van der Waals surface area contributed by atoms with E-state index in [1.165, 1.54) is 17.2 Å². The van der Waals surface area contributed by atoms with Gasteiger partial charge in [0, 0.05) is 5.69 Å². The second-order valence-electron chi connectivity index (χ2n) is 4.80. The minimum atomic E-state index is -0.155. The first-order chi connectivity index (χ1) is 8.76. The Bertz CT molecular complexity index is 560. The highest BCUT2D eigenvalue weighted by molar-refractivity contribution is 5.58. The Labute approximate surface area is 107 Å². The molecular formula is C16H16FN. The van der Waals surface area contributed by atoms with Gasteiger partial charge in [-0.25, -0.2) is 4.39 Å². The van der Waals surface area contributed by atoms with E-state index < -0.39 is 0 Å². The number of hydrogen-bond acceptors (Lipinski definition) is 1. The predicted octanol–water partition coefficient (Wildman–Crippen LogP) is 4.10. The number of nitrogens with one attached hydrogen (secondary N) is 1. The molecular weight excluding hydrogens is 225 g/mol. The monoisotopic (exact) mass is 241 g/mol. The molecule has 1 heterocycles. The van der Waals surface area contributed by atoms with Crippen molar-refractivity contribution in [3.63, 3.8) is 0 Å². The van der Waals surface area contributed by atoms with Crippen LogP contribution in [0.3, 0.4) is 0 Å². The zero-order valence-electron chi connectivity index (χ0n) is 10.4. The van der Waals surface area contributed by atoms with Crippen molar-refractivity contribution in [1.29, 1.82) is 0 Å². The minimum absolute atomic E-state index is 0.155. The molecule has 1 N–H and O–H groups in total. The fraction of sp³-hybridized carbons (Fsp3) is 0.250. The molecule has 0 aliphatic carbocycles. The Morgan fingerprint density at radius 1 is 1.17 bits per heavy atom. The highest BCUT2D eigenvalue weighted by atomic mass is 19.1. The van der Waals surface area contributed by atoms with Crippen molar-refractivity contribution in [2.45, 2.75) is 25.8 Å². The summed E-state index contributed by atoms with van der Waals surface area (Å²) >= 11 is 0. The fourth-order valence-electron chi connectivity index (χ4n) is 2.52.